The van der Waals surface area contributed by atoms with Gasteiger partial charge in [0.1, 0.15) is 0 Å². The van der Waals surface area contributed by atoms with Crippen LogP contribution in [0.5, 0.6) is 0 Å². The Morgan fingerprint density at radius 3 is 2.41 bits per heavy atom. The first-order valence-corrected chi connectivity index (χ1v) is 10.9. The Balaban J connectivity index is 1.74. The zero-order valence-electron chi connectivity index (χ0n) is 18.2. The second-order valence-electron chi connectivity index (χ2n) is 7.46. The molecule has 2 heterocycles. The Morgan fingerprint density at radius 1 is 1.00 bits per heavy atom. The summed E-state index contributed by atoms with van der Waals surface area (Å²) in [6.45, 7) is 5.79. The minimum atomic E-state index is -0.387. The maximum atomic E-state index is 13.0. The number of methoxy groups -OCH3 is 1. The van der Waals surface area contributed by atoms with E-state index in [0.717, 1.165) is 40.0 Å². The first-order valence-electron chi connectivity index (χ1n) is 10.0. The van der Waals surface area contributed by atoms with E-state index in [2.05, 4.69) is 0 Å². The van der Waals surface area contributed by atoms with Gasteiger partial charge in [0.2, 0.25) is 0 Å². The number of aryl methyl sites for hydroxylation is 1. The van der Waals surface area contributed by atoms with E-state index in [4.69, 9.17) is 4.74 Å². The summed E-state index contributed by atoms with van der Waals surface area (Å²) >= 11 is 0.932. The lowest BCUT2D eigenvalue weighted by molar-refractivity contribution is -0.113. The lowest BCUT2D eigenvalue weighted by atomic mass is 10.1. The zero-order valence-corrected chi connectivity index (χ0v) is 19.0. The molecule has 0 unspecified atom stereocenters. The molecule has 4 rings (SSSR count). The highest BCUT2D eigenvalue weighted by Gasteiger charge is 2.36. The molecule has 0 aliphatic carbocycles. The zero-order chi connectivity index (χ0) is 23.0. The summed E-state index contributed by atoms with van der Waals surface area (Å²) in [7, 11) is 1.36. The number of anilines is 1. The van der Waals surface area contributed by atoms with E-state index >= 15 is 0 Å². The number of imide groups is 1. The largest absolute Gasteiger partial charge is 0.465 e. The van der Waals surface area contributed by atoms with Crippen molar-refractivity contribution in [1.29, 1.82) is 0 Å². The Bertz CT molecular complexity index is 1270. The monoisotopic (exact) mass is 446 g/mol. The van der Waals surface area contributed by atoms with Crippen LogP contribution in [-0.4, -0.2) is 28.8 Å². The number of carbonyl (C=O) groups excluding carboxylic acids is 3. The quantitative estimate of drug-likeness (QED) is 0.395. The van der Waals surface area contributed by atoms with Crippen molar-refractivity contribution in [2.75, 3.05) is 12.0 Å². The second kappa shape index (κ2) is 8.51. The van der Waals surface area contributed by atoms with Crippen LogP contribution in [0.3, 0.4) is 0 Å². The fraction of sp³-hybridized carbons (Fsp3) is 0.160. The van der Waals surface area contributed by atoms with Gasteiger partial charge in [0.25, 0.3) is 11.1 Å². The van der Waals surface area contributed by atoms with Gasteiger partial charge in [-0.1, -0.05) is 24.3 Å². The number of hydrogen-bond acceptors (Lipinski definition) is 5. The molecule has 0 N–H and O–H groups in total. The minimum Gasteiger partial charge on any atom is -0.465 e. The molecule has 1 fully saturated rings. The number of para-hydroxylation sites is 1. The minimum absolute atomic E-state index is 0.317. The van der Waals surface area contributed by atoms with Gasteiger partial charge >= 0.3 is 5.97 Å². The molecule has 162 valence electrons. The van der Waals surface area contributed by atoms with Crippen LogP contribution in [0.2, 0.25) is 0 Å². The fourth-order valence-electron chi connectivity index (χ4n) is 3.91. The molecular weight excluding hydrogens is 424 g/mol. The molecule has 3 aromatic rings. The van der Waals surface area contributed by atoms with Gasteiger partial charge < -0.3 is 9.30 Å². The number of hydrogen-bond donors (Lipinski definition) is 0. The molecule has 1 aliphatic rings. The smallest absolute Gasteiger partial charge is 0.338 e. The first kappa shape index (κ1) is 21.6. The van der Waals surface area contributed by atoms with Crippen molar-refractivity contribution in [2.24, 2.45) is 0 Å². The standard InChI is InChI=1S/C25H22N2O4S/c1-15-13-18(14-22-23(28)27(25(30)32-22)19-9-6-5-7-10-19)17(3)26(15)21-12-8-11-20(16(21)2)24(29)31-4/h5-14H,1-4H3/b22-14-. The molecule has 7 heteroatoms. The van der Waals surface area contributed by atoms with E-state index in [1.54, 1.807) is 36.4 Å². The maximum Gasteiger partial charge on any atom is 0.338 e. The molecule has 32 heavy (non-hydrogen) atoms. The van der Waals surface area contributed by atoms with Crippen LogP contribution in [0.1, 0.15) is 32.9 Å². The SMILES string of the molecule is COC(=O)c1cccc(-n2c(C)cc(/C=C3\SC(=O)N(c4ccccc4)C3=O)c2C)c1C. The summed E-state index contributed by atoms with van der Waals surface area (Å²) < 4.78 is 6.93. The Morgan fingerprint density at radius 2 is 1.72 bits per heavy atom. The lowest BCUT2D eigenvalue weighted by Gasteiger charge is -2.15. The fourth-order valence-corrected chi connectivity index (χ4v) is 4.74. The van der Waals surface area contributed by atoms with E-state index in [0.29, 0.717) is 16.2 Å². The van der Waals surface area contributed by atoms with Gasteiger partial charge in [-0.15, -0.1) is 0 Å². The molecule has 0 radical (unpaired) electrons. The highest BCUT2D eigenvalue weighted by molar-refractivity contribution is 8.19. The third kappa shape index (κ3) is 3.65. The van der Waals surface area contributed by atoms with E-state index < -0.39 is 0 Å². The van der Waals surface area contributed by atoms with Crippen LogP contribution < -0.4 is 4.90 Å². The van der Waals surface area contributed by atoms with Crippen molar-refractivity contribution in [2.45, 2.75) is 20.8 Å². The predicted octanol–water partition coefficient (Wildman–Crippen LogP) is 5.43. The summed E-state index contributed by atoms with van der Waals surface area (Å²) in [5.41, 5.74) is 5.41. The molecule has 1 saturated heterocycles. The number of ether oxygens (including phenoxy) is 1. The van der Waals surface area contributed by atoms with Crippen LogP contribution in [0.25, 0.3) is 11.8 Å². The molecule has 2 amide bonds. The maximum absolute atomic E-state index is 13.0. The molecule has 2 aromatic carbocycles. The first-order chi connectivity index (χ1) is 15.3. The van der Waals surface area contributed by atoms with Crippen LogP contribution in [0.15, 0.2) is 59.5 Å². The normalized spacial score (nSPS) is 15.0. The van der Waals surface area contributed by atoms with Gasteiger partial charge in [-0.2, -0.15) is 0 Å². The van der Waals surface area contributed by atoms with Crippen molar-refractivity contribution in [3.8, 4) is 5.69 Å². The van der Waals surface area contributed by atoms with Crippen LogP contribution >= 0.6 is 11.8 Å². The average Bonchev–Trinajstić information content (AvgIpc) is 3.22. The predicted molar refractivity (Wildman–Crippen MR) is 126 cm³/mol. The Kier molecular flexibility index (Phi) is 5.76. The van der Waals surface area contributed by atoms with Crippen LogP contribution in [0.4, 0.5) is 10.5 Å². The third-order valence-corrected chi connectivity index (χ3v) is 6.39. The Labute approximate surface area is 190 Å². The number of nitrogens with zero attached hydrogens (tertiary/aromatic N) is 2. The van der Waals surface area contributed by atoms with Crippen molar-refractivity contribution < 1.29 is 19.1 Å². The number of aromatic nitrogens is 1. The second-order valence-corrected chi connectivity index (χ2v) is 8.45. The molecule has 0 saturated carbocycles. The number of amides is 2. The topological polar surface area (TPSA) is 68.6 Å². The van der Waals surface area contributed by atoms with Crippen molar-refractivity contribution >= 4 is 40.6 Å². The molecule has 6 nitrogen and oxygen atoms in total. The summed E-state index contributed by atoms with van der Waals surface area (Å²) in [6, 6.07) is 16.4. The number of benzene rings is 2. The van der Waals surface area contributed by atoms with E-state index in [1.165, 1.54) is 12.0 Å². The van der Waals surface area contributed by atoms with Gasteiger partial charge in [-0.25, -0.2) is 9.69 Å². The van der Waals surface area contributed by atoms with E-state index in [1.807, 2.05) is 49.6 Å². The average molecular weight is 447 g/mol. The number of carbonyl (C=O) groups is 3. The van der Waals surface area contributed by atoms with Crippen molar-refractivity contribution in [3.05, 3.63) is 87.6 Å². The number of esters is 1. The van der Waals surface area contributed by atoms with Crippen molar-refractivity contribution in [3.63, 3.8) is 0 Å². The highest BCUT2D eigenvalue weighted by Crippen LogP contribution is 2.36. The summed E-state index contributed by atoms with van der Waals surface area (Å²) in [5.74, 6) is -0.721. The van der Waals surface area contributed by atoms with Gasteiger partial charge in [0.05, 0.1) is 23.3 Å². The van der Waals surface area contributed by atoms with E-state index in [-0.39, 0.29) is 17.1 Å². The van der Waals surface area contributed by atoms with Gasteiger partial charge in [0, 0.05) is 17.1 Å². The third-order valence-electron chi connectivity index (χ3n) is 5.52. The van der Waals surface area contributed by atoms with Gasteiger partial charge in [-0.05, 0) is 80.1 Å². The summed E-state index contributed by atoms with van der Waals surface area (Å²) in [4.78, 5) is 39.2. The van der Waals surface area contributed by atoms with Crippen molar-refractivity contribution in [1.82, 2.24) is 4.57 Å². The molecule has 0 bridgehead atoms. The molecule has 1 aromatic heterocycles. The number of thioether (sulfide) groups is 1. The van der Waals surface area contributed by atoms with Crippen LogP contribution in [0, 0.1) is 20.8 Å². The van der Waals surface area contributed by atoms with Crippen LogP contribution in [-0.2, 0) is 9.53 Å². The Hall–Kier alpha value is -3.58. The molecule has 0 spiro atoms. The van der Waals surface area contributed by atoms with Gasteiger partial charge in [-0.3, -0.25) is 9.59 Å². The lowest BCUT2D eigenvalue weighted by Crippen LogP contribution is -2.27. The van der Waals surface area contributed by atoms with E-state index in [9.17, 15) is 14.4 Å². The highest BCUT2D eigenvalue weighted by atomic mass is 32.2. The van der Waals surface area contributed by atoms with Gasteiger partial charge in [0.15, 0.2) is 0 Å². The molecule has 0 atom stereocenters. The molecular formula is C25H22N2O4S. The summed E-state index contributed by atoms with van der Waals surface area (Å²) in [5, 5.41) is -0.317. The summed E-state index contributed by atoms with van der Waals surface area (Å²) in [6.07, 6.45) is 1.76. The number of rotatable bonds is 4. The molecule has 1 aliphatic heterocycles.